The van der Waals surface area contributed by atoms with Crippen LogP contribution in [0.2, 0.25) is 0 Å². The van der Waals surface area contributed by atoms with Gasteiger partial charge in [0.25, 0.3) is 0 Å². The fourth-order valence-corrected chi connectivity index (χ4v) is 2.15. The zero-order valence-corrected chi connectivity index (χ0v) is 11.4. The molecule has 0 saturated heterocycles. The molecule has 20 heavy (non-hydrogen) atoms. The number of rotatable bonds is 2. The summed E-state index contributed by atoms with van der Waals surface area (Å²) in [5, 5.41) is 4.06. The highest BCUT2D eigenvalue weighted by Gasteiger charge is 2.09. The van der Waals surface area contributed by atoms with Gasteiger partial charge in [-0.15, -0.1) is 0 Å². The summed E-state index contributed by atoms with van der Waals surface area (Å²) in [6, 6.07) is 9.50. The number of aryl methyl sites for hydroxylation is 1. The molecule has 3 aromatic rings. The predicted molar refractivity (Wildman–Crippen MR) is 81.5 cm³/mol. The molecule has 5 heteroatoms. The van der Waals surface area contributed by atoms with Crippen molar-refractivity contribution in [1.82, 2.24) is 15.0 Å². The number of fused-ring (bicyclic) bond motifs is 1. The minimum atomic E-state index is 0.665. The number of hydrogen-bond donors (Lipinski definition) is 2. The van der Waals surface area contributed by atoms with E-state index in [1.165, 1.54) is 0 Å². The molecule has 0 spiro atoms. The van der Waals surface area contributed by atoms with Crippen molar-refractivity contribution in [2.75, 3.05) is 18.1 Å². The molecule has 3 rings (SSSR count). The molecule has 3 N–H and O–H groups in total. The highest BCUT2D eigenvalue weighted by molar-refractivity contribution is 5.92. The zero-order valence-electron chi connectivity index (χ0n) is 11.4. The van der Waals surface area contributed by atoms with Crippen molar-refractivity contribution < 1.29 is 0 Å². The number of nitrogens with one attached hydrogen (secondary N) is 1. The Balaban J connectivity index is 2.26. The Kier molecular flexibility index (Phi) is 2.95. The summed E-state index contributed by atoms with van der Waals surface area (Å²) in [5.41, 5.74) is 9.23. The molecule has 2 heterocycles. The van der Waals surface area contributed by atoms with E-state index in [0.29, 0.717) is 11.5 Å². The van der Waals surface area contributed by atoms with Gasteiger partial charge in [0.05, 0.1) is 5.52 Å². The largest absolute Gasteiger partial charge is 0.399 e. The average molecular weight is 265 g/mol. The molecule has 0 aliphatic heterocycles. The molecule has 0 aliphatic rings. The van der Waals surface area contributed by atoms with Gasteiger partial charge in [-0.3, -0.25) is 4.98 Å². The summed E-state index contributed by atoms with van der Waals surface area (Å²) in [7, 11) is 1.85. The van der Waals surface area contributed by atoms with Gasteiger partial charge in [0.1, 0.15) is 5.82 Å². The van der Waals surface area contributed by atoms with Gasteiger partial charge in [0.2, 0.25) is 0 Å². The number of pyridine rings is 1. The van der Waals surface area contributed by atoms with E-state index in [1.807, 2.05) is 44.3 Å². The smallest absolute Gasteiger partial charge is 0.162 e. The van der Waals surface area contributed by atoms with Crippen LogP contribution >= 0.6 is 0 Å². The molecule has 1 aromatic carbocycles. The topological polar surface area (TPSA) is 76.7 Å². The number of nitrogens with two attached hydrogens (primary N) is 1. The van der Waals surface area contributed by atoms with E-state index in [2.05, 4.69) is 20.3 Å². The first-order valence-electron chi connectivity index (χ1n) is 6.35. The van der Waals surface area contributed by atoms with Crippen molar-refractivity contribution in [1.29, 1.82) is 0 Å². The van der Waals surface area contributed by atoms with Gasteiger partial charge in [0, 0.05) is 35.6 Å². The quantitative estimate of drug-likeness (QED) is 0.696. The lowest BCUT2D eigenvalue weighted by atomic mass is 10.1. The van der Waals surface area contributed by atoms with E-state index in [4.69, 9.17) is 5.73 Å². The van der Waals surface area contributed by atoms with Crippen LogP contribution in [0.1, 0.15) is 5.69 Å². The van der Waals surface area contributed by atoms with Crippen molar-refractivity contribution in [3.63, 3.8) is 0 Å². The number of hydrogen-bond acceptors (Lipinski definition) is 5. The summed E-state index contributed by atoms with van der Waals surface area (Å²) < 4.78 is 0. The minimum absolute atomic E-state index is 0.665. The second kappa shape index (κ2) is 4.77. The Hall–Kier alpha value is -2.69. The zero-order chi connectivity index (χ0) is 14.1. The van der Waals surface area contributed by atoms with Gasteiger partial charge in [-0.05, 0) is 37.3 Å². The molecule has 0 saturated carbocycles. The highest BCUT2D eigenvalue weighted by atomic mass is 15.0. The molecule has 0 atom stereocenters. The van der Waals surface area contributed by atoms with Crippen molar-refractivity contribution in [2.45, 2.75) is 6.92 Å². The first-order valence-corrected chi connectivity index (χ1v) is 6.35. The van der Waals surface area contributed by atoms with Crippen LogP contribution in [0.4, 0.5) is 11.5 Å². The fourth-order valence-electron chi connectivity index (χ4n) is 2.15. The van der Waals surface area contributed by atoms with Gasteiger partial charge in [-0.25, -0.2) is 9.97 Å². The molecular formula is C15H15N5. The van der Waals surface area contributed by atoms with Crippen LogP contribution in [0.3, 0.4) is 0 Å². The Morgan fingerprint density at radius 2 is 1.95 bits per heavy atom. The fraction of sp³-hybridized carbons (Fsp3) is 0.133. The standard InChI is InChI=1S/C15H15N5/c1-9-7-10(5-6-18-9)14-19-13-8-11(16)3-4-12(13)15(17-2)20-14/h3-8H,16H2,1-2H3,(H,17,19,20). The van der Waals surface area contributed by atoms with Crippen LogP contribution in [0.5, 0.6) is 0 Å². The molecule has 0 radical (unpaired) electrons. The third-order valence-electron chi connectivity index (χ3n) is 3.11. The van der Waals surface area contributed by atoms with E-state index >= 15 is 0 Å². The molecule has 0 amide bonds. The first-order chi connectivity index (χ1) is 9.67. The second-order valence-electron chi connectivity index (χ2n) is 4.61. The van der Waals surface area contributed by atoms with Gasteiger partial charge >= 0.3 is 0 Å². The lowest BCUT2D eigenvalue weighted by molar-refractivity contribution is 1.17. The summed E-state index contributed by atoms with van der Waals surface area (Å²) in [5.74, 6) is 1.46. The molecule has 5 nitrogen and oxygen atoms in total. The summed E-state index contributed by atoms with van der Waals surface area (Å²) in [6.07, 6.45) is 1.76. The van der Waals surface area contributed by atoms with Crippen molar-refractivity contribution in [3.05, 3.63) is 42.2 Å². The van der Waals surface area contributed by atoms with Crippen LogP contribution in [0.25, 0.3) is 22.3 Å². The maximum Gasteiger partial charge on any atom is 0.162 e. The van der Waals surface area contributed by atoms with Crippen LogP contribution in [0, 0.1) is 6.92 Å². The van der Waals surface area contributed by atoms with E-state index in [-0.39, 0.29) is 0 Å². The van der Waals surface area contributed by atoms with Crippen molar-refractivity contribution in [3.8, 4) is 11.4 Å². The van der Waals surface area contributed by atoms with Crippen molar-refractivity contribution in [2.24, 2.45) is 0 Å². The van der Waals surface area contributed by atoms with Crippen LogP contribution in [-0.2, 0) is 0 Å². The Morgan fingerprint density at radius 1 is 1.10 bits per heavy atom. The van der Waals surface area contributed by atoms with E-state index < -0.39 is 0 Å². The number of anilines is 2. The van der Waals surface area contributed by atoms with E-state index in [9.17, 15) is 0 Å². The van der Waals surface area contributed by atoms with Gasteiger partial charge in [-0.2, -0.15) is 0 Å². The molecule has 2 aromatic heterocycles. The number of benzene rings is 1. The molecule has 0 fully saturated rings. The molecule has 0 aliphatic carbocycles. The number of aromatic nitrogens is 3. The third-order valence-corrected chi connectivity index (χ3v) is 3.11. The lowest BCUT2D eigenvalue weighted by Crippen LogP contribution is -1.99. The lowest BCUT2D eigenvalue weighted by Gasteiger charge is -2.09. The Labute approximate surface area is 116 Å². The first kappa shape index (κ1) is 12.3. The Morgan fingerprint density at radius 3 is 2.70 bits per heavy atom. The molecule has 100 valence electrons. The summed E-state index contributed by atoms with van der Waals surface area (Å²) in [4.78, 5) is 13.4. The highest BCUT2D eigenvalue weighted by Crippen LogP contribution is 2.26. The predicted octanol–water partition coefficient (Wildman–Crippen LogP) is 2.62. The SMILES string of the molecule is CNc1nc(-c2ccnc(C)c2)nc2cc(N)ccc12. The summed E-state index contributed by atoms with van der Waals surface area (Å²) >= 11 is 0. The normalized spacial score (nSPS) is 10.7. The van der Waals surface area contributed by atoms with E-state index in [0.717, 1.165) is 28.0 Å². The summed E-state index contributed by atoms with van der Waals surface area (Å²) in [6.45, 7) is 1.95. The maximum atomic E-state index is 5.84. The second-order valence-corrected chi connectivity index (χ2v) is 4.61. The van der Waals surface area contributed by atoms with Gasteiger partial charge in [0.15, 0.2) is 5.82 Å². The van der Waals surface area contributed by atoms with E-state index in [1.54, 1.807) is 6.20 Å². The molecular weight excluding hydrogens is 250 g/mol. The monoisotopic (exact) mass is 265 g/mol. The van der Waals surface area contributed by atoms with Crippen molar-refractivity contribution >= 4 is 22.4 Å². The van der Waals surface area contributed by atoms with Gasteiger partial charge < -0.3 is 11.1 Å². The minimum Gasteiger partial charge on any atom is -0.399 e. The third kappa shape index (κ3) is 2.14. The molecule has 0 bridgehead atoms. The Bertz CT molecular complexity index is 782. The number of nitrogens with zero attached hydrogens (tertiary/aromatic N) is 3. The van der Waals surface area contributed by atoms with Gasteiger partial charge in [-0.1, -0.05) is 0 Å². The number of nitrogen functional groups attached to an aromatic ring is 1. The van der Waals surface area contributed by atoms with Crippen LogP contribution < -0.4 is 11.1 Å². The van der Waals surface area contributed by atoms with Crippen LogP contribution in [-0.4, -0.2) is 22.0 Å². The maximum absolute atomic E-state index is 5.84. The van der Waals surface area contributed by atoms with Crippen LogP contribution in [0.15, 0.2) is 36.5 Å². The molecule has 0 unspecified atom stereocenters. The average Bonchev–Trinajstić information content (AvgIpc) is 2.45.